The average Bonchev–Trinajstić information content (AvgIpc) is 2.49. The van der Waals surface area contributed by atoms with Gasteiger partial charge in [-0.15, -0.1) is 13.2 Å². The van der Waals surface area contributed by atoms with E-state index in [2.05, 4.69) is 17.9 Å². The van der Waals surface area contributed by atoms with E-state index < -0.39 is 30.4 Å². The number of rotatable bonds is 8. The zero-order valence-corrected chi connectivity index (χ0v) is 14.7. The first-order valence-corrected chi connectivity index (χ1v) is 7.10. The van der Waals surface area contributed by atoms with Crippen molar-refractivity contribution < 1.29 is 33.4 Å². The van der Waals surface area contributed by atoms with E-state index in [1.807, 2.05) is 0 Å². The highest BCUT2D eigenvalue weighted by molar-refractivity contribution is 5.74. The predicted octanol–water partition coefficient (Wildman–Crippen LogP) is 1.79. The lowest BCUT2D eigenvalue weighted by molar-refractivity contribution is -0.298. The zero-order valence-electron chi connectivity index (χ0n) is 14.7. The first-order valence-electron chi connectivity index (χ1n) is 7.10. The number of nitrogens with zero attached hydrogens (tertiary/aromatic N) is 1. The van der Waals surface area contributed by atoms with Crippen LogP contribution in [0.15, 0.2) is 13.2 Å². The number of ether oxygens (including phenoxy) is 3. The van der Waals surface area contributed by atoms with E-state index in [1.54, 1.807) is 20.8 Å². The molecule has 0 rings (SSSR count). The van der Waals surface area contributed by atoms with E-state index in [0.717, 1.165) is 12.0 Å². The number of carbonyl (C=O) groups excluding carboxylic acids is 3. The lowest BCUT2D eigenvalue weighted by Gasteiger charge is -2.33. The molecule has 0 heterocycles. The molecule has 0 aromatic carbocycles. The summed E-state index contributed by atoms with van der Waals surface area (Å²) in [6.07, 6.45) is -2.36. The van der Waals surface area contributed by atoms with Crippen molar-refractivity contribution in [2.75, 3.05) is 7.11 Å². The Bertz CT molecular complexity index is 384. The molecule has 0 aromatic rings. The Kier molecular flexibility index (Phi) is 12.8. The molecule has 0 bridgehead atoms. The molecule has 0 aliphatic rings. The topological polar surface area (TPSA) is 91.4 Å². The second-order valence-corrected chi connectivity index (χ2v) is 4.48. The van der Waals surface area contributed by atoms with Crippen LogP contribution >= 0.6 is 0 Å². The summed E-state index contributed by atoms with van der Waals surface area (Å²) in [7, 11) is 1.18. The molecule has 134 valence electrons. The van der Waals surface area contributed by atoms with Crippen molar-refractivity contribution in [1.29, 1.82) is 0 Å². The highest BCUT2D eigenvalue weighted by Crippen LogP contribution is 2.16. The highest BCUT2D eigenvalue weighted by Gasteiger charge is 2.38. The molecule has 8 nitrogen and oxygen atoms in total. The van der Waals surface area contributed by atoms with Crippen molar-refractivity contribution in [1.82, 2.24) is 5.06 Å². The van der Waals surface area contributed by atoms with Crippen molar-refractivity contribution in [3.8, 4) is 0 Å². The minimum absolute atomic E-state index is 0.280. The van der Waals surface area contributed by atoms with E-state index in [-0.39, 0.29) is 12.5 Å². The number of hydroxylamine groups is 2. The Morgan fingerprint density at radius 1 is 1.09 bits per heavy atom. The van der Waals surface area contributed by atoms with Gasteiger partial charge in [-0.3, -0.25) is 9.59 Å². The molecule has 1 unspecified atom stereocenters. The van der Waals surface area contributed by atoms with Crippen LogP contribution in [0.1, 0.15) is 41.0 Å². The molecule has 0 amide bonds. The summed E-state index contributed by atoms with van der Waals surface area (Å²) in [5, 5.41) is 0.898. The first kappa shape index (κ1) is 23.3. The smallest absolute Gasteiger partial charge is 0.353 e. The number of methoxy groups -OCH3 is 1. The third-order valence-electron chi connectivity index (χ3n) is 2.20. The van der Waals surface area contributed by atoms with Gasteiger partial charge < -0.3 is 19.0 Å². The van der Waals surface area contributed by atoms with Gasteiger partial charge in [0.25, 0.3) is 0 Å². The van der Waals surface area contributed by atoms with Crippen LogP contribution in [0.2, 0.25) is 0 Å². The van der Waals surface area contributed by atoms with Crippen LogP contribution in [-0.2, 0) is 33.4 Å². The maximum atomic E-state index is 11.9. The highest BCUT2D eigenvalue weighted by atomic mass is 16.8. The van der Waals surface area contributed by atoms with Gasteiger partial charge in [-0.1, -0.05) is 12.0 Å². The Morgan fingerprint density at radius 3 is 1.91 bits per heavy atom. The molecule has 0 fully saturated rings. The monoisotopic (exact) mass is 333 g/mol. The molecule has 0 aliphatic carbocycles. The van der Waals surface area contributed by atoms with Gasteiger partial charge in [-0.05, 0) is 20.3 Å². The number of carbonyl (C=O) groups is 3. The lowest BCUT2D eigenvalue weighted by atomic mass is 10.3. The van der Waals surface area contributed by atoms with Crippen LogP contribution < -0.4 is 0 Å². The number of hydrogen-bond donors (Lipinski definition) is 0. The van der Waals surface area contributed by atoms with Gasteiger partial charge in [-0.2, -0.15) is 0 Å². The quantitative estimate of drug-likeness (QED) is 0.287. The van der Waals surface area contributed by atoms with E-state index in [9.17, 15) is 14.4 Å². The largest absolute Gasteiger partial charge is 0.466 e. The molecule has 23 heavy (non-hydrogen) atoms. The van der Waals surface area contributed by atoms with Crippen LogP contribution in [0.4, 0.5) is 0 Å². The Balaban J connectivity index is 0. The van der Waals surface area contributed by atoms with Crippen LogP contribution in [0.25, 0.3) is 0 Å². The SMILES string of the molecule is C=C.CC[C@@H](OC(C)=O)N(OC(C)=O)C(OC(C)C)C(=O)OC. The second-order valence-electron chi connectivity index (χ2n) is 4.48. The standard InChI is InChI=1S/C13H23NO7.C2H4/c1-7-11(20-9(4)15)14(21-10(5)16)12(13(17)18-6)19-8(2)3;1-2/h8,11-12H,7H2,1-6H3;1-2H2/t11-,12?;/m1./s1. The molecule has 0 aliphatic heterocycles. The molecule has 0 saturated heterocycles. The van der Waals surface area contributed by atoms with Crippen LogP contribution in [0.5, 0.6) is 0 Å². The van der Waals surface area contributed by atoms with Gasteiger partial charge in [0.1, 0.15) is 0 Å². The number of esters is 2. The van der Waals surface area contributed by atoms with E-state index in [4.69, 9.17) is 14.3 Å². The normalized spacial score (nSPS) is 12.7. The summed E-state index contributed by atoms with van der Waals surface area (Å²) < 4.78 is 15.1. The van der Waals surface area contributed by atoms with Gasteiger partial charge in [0.15, 0.2) is 6.23 Å². The molecule has 0 N–H and O–H groups in total. The van der Waals surface area contributed by atoms with Crippen molar-refractivity contribution in [2.24, 2.45) is 0 Å². The van der Waals surface area contributed by atoms with Crippen molar-refractivity contribution >= 4 is 17.9 Å². The van der Waals surface area contributed by atoms with E-state index in [0.29, 0.717) is 0 Å². The van der Waals surface area contributed by atoms with Gasteiger partial charge >= 0.3 is 17.9 Å². The van der Waals surface area contributed by atoms with Crippen LogP contribution in [0, 0.1) is 0 Å². The second kappa shape index (κ2) is 12.6. The maximum absolute atomic E-state index is 11.9. The van der Waals surface area contributed by atoms with Gasteiger partial charge in [0.05, 0.1) is 13.2 Å². The van der Waals surface area contributed by atoms with E-state index in [1.165, 1.54) is 14.0 Å². The van der Waals surface area contributed by atoms with Gasteiger partial charge in [-0.25, -0.2) is 4.79 Å². The fraction of sp³-hybridized carbons (Fsp3) is 0.667. The maximum Gasteiger partial charge on any atom is 0.353 e. The third kappa shape index (κ3) is 9.64. The Labute approximate surface area is 137 Å². The first-order chi connectivity index (χ1) is 10.7. The van der Waals surface area contributed by atoms with Crippen molar-refractivity contribution in [2.45, 2.75) is 59.6 Å². The molecule has 0 spiro atoms. The lowest BCUT2D eigenvalue weighted by Crippen LogP contribution is -2.52. The third-order valence-corrected chi connectivity index (χ3v) is 2.20. The van der Waals surface area contributed by atoms with Gasteiger partial charge in [0, 0.05) is 13.8 Å². The summed E-state index contributed by atoms with van der Waals surface area (Å²) >= 11 is 0. The predicted molar refractivity (Wildman–Crippen MR) is 82.7 cm³/mol. The summed E-state index contributed by atoms with van der Waals surface area (Å²) in [5.74, 6) is -2.02. The summed E-state index contributed by atoms with van der Waals surface area (Å²) in [6.45, 7) is 13.5. The minimum atomic E-state index is -1.33. The molecule has 0 saturated carbocycles. The zero-order chi connectivity index (χ0) is 18.6. The van der Waals surface area contributed by atoms with E-state index >= 15 is 0 Å². The molecular formula is C15H27NO7. The summed E-state index contributed by atoms with van der Waals surface area (Å²) in [6, 6.07) is 0. The van der Waals surface area contributed by atoms with Gasteiger partial charge in [0.2, 0.25) is 6.23 Å². The molecule has 8 heteroatoms. The Morgan fingerprint density at radius 2 is 1.61 bits per heavy atom. The fourth-order valence-corrected chi connectivity index (χ4v) is 1.49. The summed E-state index contributed by atoms with van der Waals surface area (Å²) in [4.78, 5) is 39.2. The molecule has 0 radical (unpaired) electrons. The fourth-order valence-electron chi connectivity index (χ4n) is 1.49. The Hall–Kier alpha value is -1.93. The molecular weight excluding hydrogens is 306 g/mol. The van der Waals surface area contributed by atoms with Crippen LogP contribution in [0.3, 0.4) is 0 Å². The van der Waals surface area contributed by atoms with Crippen LogP contribution in [-0.4, -0.2) is 48.6 Å². The molecule has 0 aromatic heterocycles. The summed E-state index contributed by atoms with van der Waals surface area (Å²) in [5.41, 5.74) is 0. The minimum Gasteiger partial charge on any atom is -0.466 e. The average molecular weight is 333 g/mol. The van der Waals surface area contributed by atoms with Crippen molar-refractivity contribution in [3.05, 3.63) is 13.2 Å². The number of hydrogen-bond acceptors (Lipinski definition) is 8. The molecule has 2 atom stereocenters. The van der Waals surface area contributed by atoms with Crippen molar-refractivity contribution in [3.63, 3.8) is 0 Å².